The van der Waals surface area contributed by atoms with E-state index in [0.29, 0.717) is 30.9 Å². The molecule has 2 aromatic rings. The van der Waals surface area contributed by atoms with E-state index in [4.69, 9.17) is 10.5 Å². The summed E-state index contributed by atoms with van der Waals surface area (Å²) in [6.07, 6.45) is 2.29. The van der Waals surface area contributed by atoms with Crippen molar-refractivity contribution >= 4 is 15.7 Å². The lowest BCUT2D eigenvalue weighted by molar-refractivity contribution is 0.202. The normalized spacial score (nSPS) is 17.1. The Balaban J connectivity index is 1.81. The number of phenols is 1. The number of hydrogen-bond acceptors (Lipinski definition) is 5. The Hall–Kier alpha value is -2.25. The quantitative estimate of drug-likeness (QED) is 0.568. The van der Waals surface area contributed by atoms with Crippen molar-refractivity contribution in [2.45, 2.75) is 51.0 Å². The molecule has 0 radical (unpaired) electrons. The molecule has 4 N–H and O–H groups in total. The molecular formula is C22H30N2O4S. The fourth-order valence-electron chi connectivity index (χ4n) is 3.62. The molecule has 1 unspecified atom stereocenters. The Morgan fingerprint density at radius 1 is 1.24 bits per heavy atom. The third-order valence-corrected chi connectivity index (χ3v) is 6.52. The molecule has 0 amide bonds. The molecule has 0 aromatic heterocycles. The number of fused-ring (bicyclic) bond motifs is 1. The minimum atomic E-state index is -3.84. The third-order valence-electron chi connectivity index (χ3n) is 5.15. The van der Waals surface area contributed by atoms with Crippen molar-refractivity contribution in [3.63, 3.8) is 0 Å². The number of sulfonamides is 1. The van der Waals surface area contributed by atoms with Gasteiger partial charge in [-0.1, -0.05) is 32.9 Å². The van der Waals surface area contributed by atoms with Crippen LogP contribution in [0, 0.1) is 11.8 Å². The van der Waals surface area contributed by atoms with Gasteiger partial charge in [0.05, 0.1) is 10.6 Å². The topological polar surface area (TPSA) is 102 Å². The monoisotopic (exact) mass is 418 g/mol. The lowest BCUT2D eigenvalue weighted by atomic mass is 10.00. The van der Waals surface area contributed by atoms with E-state index in [2.05, 4.69) is 18.6 Å². The number of anilines is 1. The molecule has 29 heavy (non-hydrogen) atoms. The van der Waals surface area contributed by atoms with Gasteiger partial charge in [-0.15, -0.1) is 0 Å². The van der Waals surface area contributed by atoms with Crippen molar-refractivity contribution in [3.8, 4) is 11.5 Å². The highest BCUT2D eigenvalue weighted by molar-refractivity contribution is 7.92. The average Bonchev–Trinajstić information content (AvgIpc) is 3.05. The SMILES string of the molecule is CC(C)CC1Cc2cc(S(=O)(=O)Nc3cccc(C[C@@H](C)CN)c3O)ccc2O1. The number of hydrogen-bond donors (Lipinski definition) is 3. The van der Waals surface area contributed by atoms with E-state index in [9.17, 15) is 13.5 Å². The maximum atomic E-state index is 12.9. The lowest BCUT2D eigenvalue weighted by Crippen LogP contribution is -2.15. The van der Waals surface area contributed by atoms with E-state index in [1.54, 1.807) is 30.3 Å². The molecule has 0 spiro atoms. The minimum Gasteiger partial charge on any atom is -0.505 e. The summed E-state index contributed by atoms with van der Waals surface area (Å²) < 4.78 is 34.3. The van der Waals surface area contributed by atoms with E-state index in [-0.39, 0.29) is 28.4 Å². The second-order valence-corrected chi connectivity index (χ2v) is 9.99. The Bertz CT molecular complexity index is 973. The molecule has 3 rings (SSSR count). The van der Waals surface area contributed by atoms with Crippen LogP contribution in [-0.4, -0.2) is 26.2 Å². The number of nitrogens with one attached hydrogen (secondary N) is 1. The lowest BCUT2D eigenvalue weighted by Gasteiger charge is -2.15. The molecule has 1 heterocycles. The zero-order valence-electron chi connectivity index (χ0n) is 17.2. The Kier molecular flexibility index (Phi) is 6.39. The molecule has 2 atom stereocenters. The van der Waals surface area contributed by atoms with Gasteiger partial charge in [-0.3, -0.25) is 4.72 Å². The molecule has 0 bridgehead atoms. The number of ether oxygens (including phenoxy) is 1. The molecule has 7 heteroatoms. The third kappa shape index (κ3) is 5.03. The van der Waals surface area contributed by atoms with Gasteiger partial charge in [0.2, 0.25) is 0 Å². The summed E-state index contributed by atoms with van der Waals surface area (Å²) >= 11 is 0. The molecule has 0 aliphatic carbocycles. The largest absolute Gasteiger partial charge is 0.505 e. The van der Waals surface area contributed by atoms with Crippen molar-refractivity contribution in [1.82, 2.24) is 0 Å². The smallest absolute Gasteiger partial charge is 0.262 e. The van der Waals surface area contributed by atoms with E-state index in [0.717, 1.165) is 17.7 Å². The van der Waals surface area contributed by atoms with Gasteiger partial charge in [-0.25, -0.2) is 8.42 Å². The summed E-state index contributed by atoms with van der Waals surface area (Å²) in [4.78, 5) is 0.158. The predicted molar refractivity (Wildman–Crippen MR) is 115 cm³/mol. The minimum absolute atomic E-state index is 0.0575. The van der Waals surface area contributed by atoms with Crippen molar-refractivity contribution in [2.24, 2.45) is 17.6 Å². The number of benzene rings is 2. The van der Waals surface area contributed by atoms with E-state index in [1.807, 2.05) is 6.92 Å². The van der Waals surface area contributed by atoms with Gasteiger partial charge in [0.1, 0.15) is 17.6 Å². The van der Waals surface area contributed by atoms with Crippen molar-refractivity contribution in [3.05, 3.63) is 47.5 Å². The maximum absolute atomic E-state index is 12.9. The van der Waals surface area contributed by atoms with E-state index < -0.39 is 10.0 Å². The number of nitrogens with two attached hydrogens (primary N) is 1. The van der Waals surface area contributed by atoms with Gasteiger partial charge in [-0.2, -0.15) is 0 Å². The summed E-state index contributed by atoms with van der Waals surface area (Å²) in [5.41, 5.74) is 7.40. The van der Waals surface area contributed by atoms with Crippen LogP contribution < -0.4 is 15.2 Å². The Morgan fingerprint density at radius 3 is 2.69 bits per heavy atom. The number of para-hydroxylation sites is 1. The summed E-state index contributed by atoms with van der Waals surface area (Å²) in [7, 11) is -3.84. The van der Waals surface area contributed by atoms with Gasteiger partial charge in [0.25, 0.3) is 10.0 Å². The van der Waals surface area contributed by atoms with Crippen LogP contribution in [0.4, 0.5) is 5.69 Å². The molecule has 0 saturated carbocycles. The first-order valence-electron chi connectivity index (χ1n) is 10.0. The molecule has 1 aliphatic rings. The summed E-state index contributed by atoms with van der Waals surface area (Å²) in [5, 5.41) is 10.5. The second kappa shape index (κ2) is 8.63. The predicted octanol–water partition coefficient (Wildman–Crippen LogP) is 3.68. The number of rotatable bonds is 8. The highest BCUT2D eigenvalue weighted by atomic mass is 32.2. The molecule has 1 aliphatic heterocycles. The zero-order chi connectivity index (χ0) is 21.2. The summed E-state index contributed by atoms with van der Waals surface area (Å²) in [6, 6.07) is 9.97. The Labute approximate surface area is 173 Å². The molecule has 2 aromatic carbocycles. The first kappa shape index (κ1) is 21.5. The standard InChI is InChI=1S/C22H30N2O4S/c1-14(2)9-18-11-17-12-19(7-8-21(17)28-18)29(26,27)24-20-6-4-5-16(22(20)25)10-15(3)13-23/h4-8,12,14-15,18,24-25H,9-11,13,23H2,1-3H3/t15-,18?/m1/s1. The molecule has 0 fully saturated rings. The average molecular weight is 419 g/mol. The van der Waals surface area contributed by atoms with Crippen LogP contribution in [0.3, 0.4) is 0 Å². The van der Waals surface area contributed by atoms with Crippen molar-refractivity contribution in [2.75, 3.05) is 11.3 Å². The van der Waals surface area contributed by atoms with E-state index >= 15 is 0 Å². The molecule has 0 saturated heterocycles. The first-order valence-corrected chi connectivity index (χ1v) is 11.5. The summed E-state index contributed by atoms with van der Waals surface area (Å²) in [5.74, 6) is 1.38. The van der Waals surface area contributed by atoms with Crippen LogP contribution in [0.5, 0.6) is 11.5 Å². The number of phenolic OH excluding ortho intramolecular Hbond substituents is 1. The zero-order valence-corrected chi connectivity index (χ0v) is 18.0. The Morgan fingerprint density at radius 2 is 2.00 bits per heavy atom. The molecular weight excluding hydrogens is 388 g/mol. The van der Waals surface area contributed by atoms with Gasteiger partial charge in [0, 0.05) is 6.42 Å². The van der Waals surface area contributed by atoms with Gasteiger partial charge >= 0.3 is 0 Å². The van der Waals surface area contributed by atoms with Crippen LogP contribution in [-0.2, 0) is 22.9 Å². The van der Waals surface area contributed by atoms with Crippen LogP contribution in [0.25, 0.3) is 0 Å². The highest BCUT2D eigenvalue weighted by Crippen LogP contribution is 2.35. The van der Waals surface area contributed by atoms with Gasteiger partial charge < -0.3 is 15.6 Å². The van der Waals surface area contributed by atoms with Gasteiger partial charge in [-0.05, 0) is 66.6 Å². The molecule has 158 valence electrons. The van der Waals surface area contributed by atoms with Crippen LogP contribution in [0.2, 0.25) is 0 Å². The van der Waals surface area contributed by atoms with Crippen LogP contribution in [0.15, 0.2) is 41.3 Å². The van der Waals surface area contributed by atoms with Crippen LogP contribution in [0.1, 0.15) is 38.3 Å². The number of aromatic hydroxyl groups is 1. The van der Waals surface area contributed by atoms with Crippen molar-refractivity contribution in [1.29, 1.82) is 0 Å². The molecule has 6 nitrogen and oxygen atoms in total. The second-order valence-electron chi connectivity index (χ2n) is 8.31. The van der Waals surface area contributed by atoms with Crippen LogP contribution >= 0.6 is 0 Å². The maximum Gasteiger partial charge on any atom is 0.262 e. The van der Waals surface area contributed by atoms with Gasteiger partial charge in [0.15, 0.2) is 0 Å². The fraction of sp³-hybridized carbons (Fsp3) is 0.455. The summed E-state index contributed by atoms with van der Waals surface area (Å²) in [6.45, 7) is 6.75. The van der Waals surface area contributed by atoms with E-state index in [1.165, 1.54) is 6.07 Å². The fourth-order valence-corrected chi connectivity index (χ4v) is 4.74. The van der Waals surface area contributed by atoms with Crippen molar-refractivity contribution < 1.29 is 18.3 Å². The highest BCUT2D eigenvalue weighted by Gasteiger charge is 2.26. The first-order chi connectivity index (χ1) is 13.7.